The molecule has 0 saturated heterocycles. The fraction of sp³-hybridized carbons (Fsp3) is 0.500. The molecular weight excluding hydrogens is 196 g/mol. The van der Waals surface area contributed by atoms with Crippen LogP contribution in [0.1, 0.15) is 37.8 Å². The molecular formula is C14H20N2. The molecule has 2 heteroatoms. The summed E-state index contributed by atoms with van der Waals surface area (Å²) in [5.41, 5.74) is 7.99. The van der Waals surface area contributed by atoms with Crippen molar-refractivity contribution in [2.24, 2.45) is 11.7 Å². The van der Waals surface area contributed by atoms with E-state index in [2.05, 4.69) is 19.9 Å². The van der Waals surface area contributed by atoms with E-state index in [1.165, 1.54) is 5.56 Å². The molecule has 1 rings (SSSR count). The quantitative estimate of drug-likeness (QED) is 0.822. The van der Waals surface area contributed by atoms with Gasteiger partial charge in [-0.05, 0) is 42.9 Å². The van der Waals surface area contributed by atoms with Gasteiger partial charge in [-0.25, -0.2) is 0 Å². The second-order valence-electron chi connectivity index (χ2n) is 4.61. The topological polar surface area (TPSA) is 49.8 Å². The van der Waals surface area contributed by atoms with E-state index in [1.54, 1.807) is 0 Å². The minimum atomic E-state index is 0.304. The summed E-state index contributed by atoms with van der Waals surface area (Å²) in [6.45, 7) is 4.32. The van der Waals surface area contributed by atoms with E-state index in [0.29, 0.717) is 12.0 Å². The summed E-state index contributed by atoms with van der Waals surface area (Å²) < 4.78 is 0. The van der Waals surface area contributed by atoms with Crippen molar-refractivity contribution in [1.29, 1.82) is 5.26 Å². The molecule has 1 atom stereocenters. The van der Waals surface area contributed by atoms with Crippen molar-refractivity contribution in [2.75, 3.05) is 0 Å². The van der Waals surface area contributed by atoms with Crippen LogP contribution in [0.2, 0.25) is 0 Å². The van der Waals surface area contributed by atoms with Crippen LogP contribution >= 0.6 is 0 Å². The van der Waals surface area contributed by atoms with Gasteiger partial charge in [0.2, 0.25) is 0 Å². The Balaban J connectivity index is 2.35. The van der Waals surface area contributed by atoms with Gasteiger partial charge in [-0.15, -0.1) is 0 Å². The van der Waals surface area contributed by atoms with Crippen LogP contribution in [0.25, 0.3) is 0 Å². The monoisotopic (exact) mass is 216 g/mol. The van der Waals surface area contributed by atoms with Crippen molar-refractivity contribution in [2.45, 2.75) is 39.2 Å². The molecule has 0 heterocycles. The molecule has 0 aromatic heterocycles. The fourth-order valence-electron chi connectivity index (χ4n) is 1.62. The highest BCUT2D eigenvalue weighted by Crippen LogP contribution is 2.11. The lowest BCUT2D eigenvalue weighted by molar-refractivity contribution is 0.452. The average Bonchev–Trinajstić information content (AvgIpc) is 2.29. The Labute approximate surface area is 98.1 Å². The second-order valence-corrected chi connectivity index (χ2v) is 4.61. The van der Waals surface area contributed by atoms with Crippen LogP contribution in [0.3, 0.4) is 0 Å². The summed E-state index contributed by atoms with van der Waals surface area (Å²) in [7, 11) is 0. The molecule has 1 aromatic rings. The molecule has 0 aliphatic heterocycles. The number of nitriles is 1. The summed E-state index contributed by atoms with van der Waals surface area (Å²) >= 11 is 0. The van der Waals surface area contributed by atoms with Crippen molar-refractivity contribution >= 4 is 0 Å². The first-order valence-corrected chi connectivity index (χ1v) is 5.88. The zero-order chi connectivity index (χ0) is 12.0. The Morgan fingerprint density at radius 3 is 2.38 bits per heavy atom. The van der Waals surface area contributed by atoms with Gasteiger partial charge in [0, 0.05) is 6.04 Å². The Morgan fingerprint density at radius 2 is 1.88 bits per heavy atom. The predicted molar refractivity (Wildman–Crippen MR) is 66.9 cm³/mol. The van der Waals surface area contributed by atoms with Gasteiger partial charge in [-0.3, -0.25) is 0 Å². The molecule has 0 aliphatic rings. The molecule has 0 spiro atoms. The minimum absolute atomic E-state index is 0.304. The first-order chi connectivity index (χ1) is 7.63. The highest BCUT2D eigenvalue weighted by atomic mass is 14.6. The highest BCUT2D eigenvalue weighted by Gasteiger charge is 2.06. The normalized spacial score (nSPS) is 12.4. The van der Waals surface area contributed by atoms with Gasteiger partial charge in [0.25, 0.3) is 0 Å². The largest absolute Gasteiger partial charge is 0.327 e. The van der Waals surface area contributed by atoms with Crippen LogP contribution in [-0.4, -0.2) is 6.04 Å². The maximum absolute atomic E-state index is 8.67. The van der Waals surface area contributed by atoms with Crippen molar-refractivity contribution in [3.63, 3.8) is 0 Å². The summed E-state index contributed by atoms with van der Waals surface area (Å²) in [5.74, 6) is 0.556. The molecule has 86 valence electrons. The molecule has 0 saturated carbocycles. The number of hydrogen-bond donors (Lipinski definition) is 1. The number of hydrogen-bond acceptors (Lipinski definition) is 2. The van der Waals surface area contributed by atoms with Crippen molar-refractivity contribution in [3.8, 4) is 6.07 Å². The summed E-state index contributed by atoms with van der Waals surface area (Å²) in [5, 5.41) is 8.67. The zero-order valence-electron chi connectivity index (χ0n) is 10.1. The summed E-state index contributed by atoms with van der Waals surface area (Å²) in [6, 6.07) is 10.2. The van der Waals surface area contributed by atoms with Crippen LogP contribution in [0.5, 0.6) is 0 Å². The lowest BCUT2D eigenvalue weighted by Crippen LogP contribution is -2.26. The van der Waals surface area contributed by atoms with Gasteiger partial charge in [-0.2, -0.15) is 5.26 Å². The molecule has 2 nitrogen and oxygen atoms in total. The Hall–Kier alpha value is -1.33. The Morgan fingerprint density at radius 1 is 1.25 bits per heavy atom. The number of benzene rings is 1. The highest BCUT2D eigenvalue weighted by molar-refractivity contribution is 5.31. The Bertz CT molecular complexity index is 346. The SMILES string of the molecule is CC(C)C(N)CCCc1ccc(C#N)cc1. The Kier molecular flexibility index (Phi) is 5.01. The molecule has 1 unspecified atom stereocenters. The second kappa shape index (κ2) is 6.30. The molecule has 0 aliphatic carbocycles. The summed E-state index contributed by atoms with van der Waals surface area (Å²) in [6.07, 6.45) is 3.23. The van der Waals surface area contributed by atoms with E-state index < -0.39 is 0 Å². The standard InChI is InChI=1S/C14H20N2/c1-11(2)14(16)5-3-4-12-6-8-13(10-15)9-7-12/h6-9,11,14H,3-5,16H2,1-2H3. The maximum atomic E-state index is 8.67. The van der Waals surface area contributed by atoms with Crippen molar-refractivity contribution in [3.05, 3.63) is 35.4 Å². The zero-order valence-corrected chi connectivity index (χ0v) is 10.1. The molecule has 1 aromatic carbocycles. The number of rotatable bonds is 5. The third-order valence-corrected chi connectivity index (χ3v) is 2.94. The number of aryl methyl sites for hydroxylation is 1. The van der Waals surface area contributed by atoms with Crippen LogP contribution in [0.4, 0.5) is 0 Å². The summed E-state index contributed by atoms with van der Waals surface area (Å²) in [4.78, 5) is 0. The molecule has 0 fully saturated rings. The van der Waals surface area contributed by atoms with E-state index in [4.69, 9.17) is 11.0 Å². The lowest BCUT2D eigenvalue weighted by atomic mass is 9.97. The minimum Gasteiger partial charge on any atom is -0.327 e. The van der Waals surface area contributed by atoms with Crippen molar-refractivity contribution in [1.82, 2.24) is 0 Å². The average molecular weight is 216 g/mol. The molecule has 0 amide bonds. The molecule has 16 heavy (non-hydrogen) atoms. The van der Waals surface area contributed by atoms with Gasteiger partial charge in [-0.1, -0.05) is 26.0 Å². The molecule has 0 radical (unpaired) electrons. The first-order valence-electron chi connectivity index (χ1n) is 5.88. The van der Waals surface area contributed by atoms with Gasteiger partial charge in [0.1, 0.15) is 0 Å². The first kappa shape index (κ1) is 12.7. The van der Waals surface area contributed by atoms with Gasteiger partial charge < -0.3 is 5.73 Å². The van der Waals surface area contributed by atoms with Crippen LogP contribution in [-0.2, 0) is 6.42 Å². The number of nitrogens with zero attached hydrogens (tertiary/aromatic N) is 1. The van der Waals surface area contributed by atoms with E-state index in [-0.39, 0.29) is 0 Å². The molecule has 2 N–H and O–H groups in total. The predicted octanol–water partition coefficient (Wildman–Crippen LogP) is 2.86. The van der Waals surface area contributed by atoms with Crippen LogP contribution in [0, 0.1) is 17.2 Å². The third kappa shape index (κ3) is 4.04. The third-order valence-electron chi connectivity index (χ3n) is 2.94. The fourth-order valence-corrected chi connectivity index (χ4v) is 1.62. The van der Waals surface area contributed by atoms with Gasteiger partial charge in [0.05, 0.1) is 11.6 Å². The number of nitrogens with two attached hydrogens (primary N) is 1. The van der Waals surface area contributed by atoms with E-state index in [1.807, 2.05) is 24.3 Å². The smallest absolute Gasteiger partial charge is 0.0991 e. The van der Waals surface area contributed by atoms with E-state index >= 15 is 0 Å². The van der Waals surface area contributed by atoms with E-state index in [0.717, 1.165) is 24.8 Å². The lowest BCUT2D eigenvalue weighted by Gasteiger charge is -2.14. The maximum Gasteiger partial charge on any atom is 0.0991 e. The van der Waals surface area contributed by atoms with Gasteiger partial charge >= 0.3 is 0 Å². The van der Waals surface area contributed by atoms with Crippen molar-refractivity contribution < 1.29 is 0 Å². The van der Waals surface area contributed by atoms with E-state index in [9.17, 15) is 0 Å². The van der Waals surface area contributed by atoms with Gasteiger partial charge in [0.15, 0.2) is 0 Å². The molecule has 0 bridgehead atoms. The van der Waals surface area contributed by atoms with Crippen LogP contribution in [0.15, 0.2) is 24.3 Å². The van der Waals surface area contributed by atoms with Crippen LogP contribution < -0.4 is 5.73 Å².